The zero-order valence-corrected chi connectivity index (χ0v) is 9.30. The van der Waals surface area contributed by atoms with Gasteiger partial charge in [-0.05, 0) is 24.5 Å². The van der Waals surface area contributed by atoms with Crippen molar-refractivity contribution < 1.29 is 18.3 Å². The summed E-state index contributed by atoms with van der Waals surface area (Å²) in [6.07, 6.45) is -2.19. The molecule has 0 amide bonds. The second-order valence-electron chi connectivity index (χ2n) is 3.95. The van der Waals surface area contributed by atoms with Crippen LogP contribution >= 0.6 is 0 Å². The highest BCUT2D eigenvalue weighted by molar-refractivity contribution is 5.34. The van der Waals surface area contributed by atoms with Gasteiger partial charge in [0.05, 0.1) is 6.04 Å². The summed E-state index contributed by atoms with van der Waals surface area (Å²) in [7, 11) is 0. The van der Waals surface area contributed by atoms with Crippen molar-refractivity contribution in [2.24, 2.45) is 0 Å². The van der Waals surface area contributed by atoms with E-state index in [1.807, 2.05) is 6.92 Å². The van der Waals surface area contributed by atoms with Crippen molar-refractivity contribution in [2.45, 2.75) is 45.0 Å². The third-order valence-corrected chi connectivity index (χ3v) is 2.58. The Labute approximate surface area is 92.8 Å². The summed E-state index contributed by atoms with van der Waals surface area (Å²) in [6.45, 7) is 3.77. The van der Waals surface area contributed by atoms with Gasteiger partial charge in [0.25, 0.3) is 0 Å². The van der Waals surface area contributed by atoms with Crippen molar-refractivity contribution in [1.29, 1.82) is 0 Å². The van der Waals surface area contributed by atoms with Gasteiger partial charge in [-0.3, -0.25) is 0 Å². The number of aliphatic hydroxyl groups excluding tert-OH is 1. The zero-order chi connectivity index (χ0) is 12.3. The molecule has 1 aliphatic heterocycles. The van der Waals surface area contributed by atoms with Gasteiger partial charge in [0, 0.05) is 6.20 Å². The van der Waals surface area contributed by atoms with Gasteiger partial charge < -0.3 is 10.4 Å². The van der Waals surface area contributed by atoms with Gasteiger partial charge in [-0.1, -0.05) is 19.4 Å². The number of hydrogen-bond acceptors (Lipinski definition) is 2. The molecule has 0 saturated heterocycles. The highest BCUT2D eigenvalue weighted by Crippen LogP contribution is 2.27. The van der Waals surface area contributed by atoms with E-state index in [1.54, 1.807) is 13.1 Å². The van der Waals surface area contributed by atoms with E-state index in [2.05, 4.69) is 5.32 Å². The van der Waals surface area contributed by atoms with Crippen molar-refractivity contribution >= 4 is 0 Å². The normalized spacial score (nSPS) is 23.2. The van der Waals surface area contributed by atoms with E-state index in [0.717, 1.165) is 24.0 Å². The Morgan fingerprint density at radius 3 is 2.56 bits per heavy atom. The number of alkyl halides is 3. The van der Waals surface area contributed by atoms with Crippen LogP contribution in [-0.2, 0) is 0 Å². The molecule has 2 unspecified atom stereocenters. The minimum Gasteiger partial charge on any atom is -0.381 e. The fraction of sp³-hybridized carbons (Fsp3) is 0.636. The summed E-state index contributed by atoms with van der Waals surface area (Å²) >= 11 is 0. The summed E-state index contributed by atoms with van der Waals surface area (Å²) in [5.74, 6) is 0. The van der Waals surface area contributed by atoms with Gasteiger partial charge in [-0.25, -0.2) is 0 Å². The van der Waals surface area contributed by atoms with E-state index in [1.165, 1.54) is 6.08 Å². The van der Waals surface area contributed by atoms with Gasteiger partial charge in [0.1, 0.15) is 0 Å². The topological polar surface area (TPSA) is 32.3 Å². The number of halogens is 3. The number of hydrogen-bond donors (Lipinski definition) is 2. The number of nitrogens with one attached hydrogen (secondary N) is 1. The lowest BCUT2D eigenvalue weighted by atomic mass is 9.96. The van der Waals surface area contributed by atoms with Crippen molar-refractivity contribution in [3.8, 4) is 0 Å². The van der Waals surface area contributed by atoms with Crippen LogP contribution in [0.1, 0.15) is 26.7 Å². The van der Waals surface area contributed by atoms with Gasteiger partial charge in [-0.2, -0.15) is 13.2 Å². The molecule has 0 aliphatic carbocycles. The molecule has 1 rings (SSSR count). The molecule has 1 aliphatic rings. The van der Waals surface area contributed by atoms with Crippen LogP contribution in [0.2, 0.25) is 0 Å². The second-order valence-corrected chi connectivity index (χ2v) is 3.95. The third-order valence-electron chi connectivity index (χ3n) is 2.58. The summed E-state index contributed by atoms with van der Waals surface area (Å²) in [6, 6.07) is -1.08. The average molecular weight is 235 g/mol. The zero-order valence-electron chi connectivity index (χ0n) is 9.30. The third kappa shape index (κ3) is 3.01. The number of dihydropyridines is 1. The van der Waals surface area contributed by atoms with Gasteiger partial charge >= 0.3 is 6.18 Å². The Bertz CT molecular complexity index is 307. The maximum Gasteiger partial charge on any atom is 0.416 e. The summed E-state index contributed by atoms with van der Waals surface area (Å²) in [5, 5.41) is 11.7. The van der Waals surface area contributed by atoms with Crippen molar-refractivity contribution in [1.82, 2.24) is 5.32 Å². The maximum absolute atomic E-state index is 12.3. The first-order valence-electron chi connectivity index (χ1n) is 5.25. The molecule has 2 nitrogen and oxygen atoms in total. The second kappa shape index (κ2) is 4.91. The van der Waals surface area contributed by atoms with Crippen molar-refractivity contribution in [2.75, 3.05) is 0 Å². The molecule has 5 heteroatoms. The first-order chi connectivity index (χ1) is 7.36. The highest BCUT2D eigenvalue weighted by Gasteiger charge is 2.43. The van der Waals surface area contributed by atoms with E-state index < -0.39 is 18.3 Å². The Balaban J connectivity index is 2.72. The van der Waals surface area contributed by atoms with Crippen molar-refractivity contribution in [3.63, 3.8) is 0 Å². The lowest BCUT2D eigenvalue weighted by molar-refractivity contribution is -0.207. The summed E-state index contributed by atoms with van der Waals surface area (Å²) in [4.78, 5) is 0. The van der Waals surface area contributed by atoms with E-state index >= 15 is 0 Å². The van der Waals surface area contributed by atoms with Crippen LogP contribution in [0, 0.1) is 0 Å². The molecule has 16 heavy (non-hydrogen) atoms. The number of rotatable bonds is 3. The molecule has 92 valence electrons. The van der Waals surface area contributed by atoms with Crippen LogP contribution in [-0.4, -0.2) is 23.4 Å². The van der Waals surface area contributed by atoms with Gasteiger partial charge in [-0.15, -0.1) is 0 Å². The molecule has 0 saturated carbocycles. The van der Waals surface area contributed by atoms with Crippen molar-refractivity contribution in [3.05, 3.63) is 23.4 Å². The Morgan fingerprint density at radius 1 is 1.50 bits per heavy atom. The quantitative estimate of drug-likeness (QED) is 0.787. The first-order valence-corrected chi connectivity index (χ1v) is 5.25. The molecular formula is C11H16F3NO. The fourth-order valence-electron chi connectivity index (χ4n) is 1.66. The predicted molar refractivity (Wildman–Crippen MR) is 55.7 cm³/mol. The molecule has 0 aromatic carbocycles. The smallest absolute Gasteiger partial charge is 0.381 e. The van der Waals surface area contributed by atoms with Crippen LogP contribution in [0.15, 0.2) is 23.4 Å². The molecule has 1 heterocycles. The summed E-state index contributed by atoms with van der Waals surface area (Å²) in [5.41, 5.74) is 1.79. The Morgan fingerprint density at radius 2 is 2.12 bits per heavy atom. The maximum atomic E-state index is 12.3. The standard InChI is InChI=1S/C11H16F3NO/c1-3-4-8-6-15-9(5-7(8)2)10(16)11(12,13)14/h5-6,9-10,15-16H,3-4H2,1-2H3. The number of allylic oxidation sites excluding steroid dienone is 2. The molecule has 0 fully saturated rings. The Kier molecular flexibility index (Phi) is 4.02. The van der Waals surface area contributed by atoms with E-state index in [4.69, 9.17) is 5.11 Å². The average Bonchev–Trinajstić information content (AvgIpc) is 2.19. The van der Waals surface area contributed by atoms with Crippen LogP contribution in [0.4, 0.5) is 13.2 Å². The minimum absolute atomic E-state index is 0.800. The lowest BCUT2D eigenvalue weighted by Crippen LogP contribution is -2.46. The van der Waals surface area contributed by atoms with Gasteiger partial charge in [0.2, 0.25) is 0 Å². The largest absolute Gasteiger partial charge is 0.416 e. The minimum atomic E-state index is -4.59. The molecule has 0 bridgehead atoms. The SMILES string of the molecule is CCCC1=CNC(C(O)C(F)(F)F)C=C1C. The van der Waals surface area contributed by atoms with Crippen LogP contribution in [0.25, 0.3) is 0 Å². The van der Waals surface area contributed by atoms with Crippen LogP contribution in [0.3, 0.4) is 0 Å². The molecule has 0 aromatic heterocycles. The van der Waals surface area contributed by atoms with E-state index in [0.29, 0.717) is 0 Å². The molecular weight excluding hydrogens is 219 g/mol. The van der Waals surface area contributed by atoms with Gasteiger partial charge in [0.15, 0.2) is 6.10 Å². The fourth-order valence-corrected chi connectivity index (χ4v) is 1.66. The molecule has 0 aromatic rings. The van der Waals surface area contributed by atoms with Crippen LogP contribution < -0.4 is 5.32 Å². The molecule has 0 spiro atoms. The highest BCUT2D eigenvalue weighted by atomic mass is 19.4. The molecule has 0 radical (unpaired) electrons. The van der Waals surface area contributed by atoms with Crippen LogP contribution in [0.5, 0.6) is 0 Å². The predicted octanol–water partition coefficient (Wildman–Crippen LogP) is 2.51. The monoisotopic (exact) mass is 235 g/mol. The summed E-state index contributed by atoms with van der Waals surface area (Å²) < 4.78 is 36.8. The lowest BCUT2D eigenvalue weighted by Gasteiger charge is -2.27. The van der Waals surface area contributed by atoms with E-state index in [9.17, 15) is 13.2 Å². The Hall–Kier alpha value is -0.970. The molecule has 2 atom stereocenters. The van der Waals surface area contributed by atoms with E-state index in [-0.39, 0.29) is 0 Å². The first kappa shape index (κ1) is 13.1. The molecule has 2 N–H and O–H groups in total. The number of aliphatic hydroxyl groups is 1.